The minimum atomic E-state index is -1.18. The molecule has 19 heavy (non-hydrogen) atoms. The maximum atomic E-state index is 11.1. The molecule has 0 spiro atoms. The summed E-state index contributed by atoms with van der Waals surface area (Å²) in [5.41, 5.74) is 0.554. The second kappa shape index (κ2) is 5.56. The first-order valence-electron chi connectivity index (χ1n) is 5.17. The van der Waals surface area contributed by atoms with Gasteiger partial charge in [0.1, 0.15) is 5.69 Å². The zero-order valence-electron chi connectivity index (χ0n) is 9.80. The van der Waals surface area contributed by atoms with Crippen LogP contribution in [0.25, 0.3) is 5.69 Å². The van der Waals surface area contributed by atoms with Gasteiger partial charge in [0, 0.05) is 12.1 Å². The number of hydrogen-bond acceptors (Lipinski definition) is 4. The van der Waals surface area contributed by atoms with Crippen LogP contribution in [0.15, 0.2) is 18.2 Å². The Morgan fingerprint density at radius 1 is 1.47 bits per heavy atom. The Kier molecular flexibility index (Phi) is 4.04. The molecule has 1 aromatic carbocycles. The standard InChI is InChI=1S/C11H9Cl2N3O3/c1-19-5-9-10(11(17)18)14-15-16(9)8-4-6(12)2-3-7(8)13/h2-4H,5H2,1H3,(H,17,18). The van der Waals surface area contributed by atoms with E-state index in [1.54, 1.807) is 18.2 Å². The van der Waals surface area contributed by atoms with Gasteiger partial charge in [-0.15, -0.1) is 5.10 Å². The summed E-state index contributed by atoms with van der Waals surface area (Å²) in [6, 6.07) is 4.79. The van der Waals surface area contributed by atoms with E-state index in [1.807, 2.05) is 0 Å². The monoisotopic (exact) mass is 301 g/mol. The van der Waals surface area contributed by atoms with Crippen LogP contribution in [0.2, 0.25) is 10.0 Å². The fourth-order valence-electron chi connectivity index (χ4n) is 1.58. The van der Waals surface area contributed by atoms with E-state index < -0.39 is 5.97 Å². The second-order valence-corrected chi connectivity index (χ2v) is 4.47. The number of hydrogen-bond donors (Lipinski definition) is 1. The van der Waals surface area contributed by atoms with Crippen molar-refractivity contribution in [2.24, 2.45) is 0 Å². The summed E-state index contributed by atoms with van der Waals surface area (Å²) >= 11 is 12.0. The van der Waals surface area contributed by atoms with Crippen molar-refractivity contribution in [2.45, 2.75) is 6.61 Å². The van der Waals surface area contributed by atoms with Crippen molar-refractivity contribution in [2.75, 3.05) is 7.11 Å². The molecule has 0 radical (unpaired) electrons. The molecule has 0 amide bonds. The van der Waals surface area contributed by atoms with Gasteiger partial charge in [-0.1, -0.05) is 28.4 Å². The van der Waals surface area contributed by atoms with E-state index in [4.69, 9.17) is 33.0 Å². The molecule has 0 unspecified atom stereocenters. The SMILES string of the molecule is COCc1c(C(=O)O)nnn1-c1cc(Cl)ccc1Cl. The molecule has 1 N–H and O–H groups in total. The van der Waals surface area contributed by atoms with Crippen molar-refractivity contribution in [3.63, 3.8) is 0 Å². The largest absolute Gasteiger partial charge is 0.476 e. The number of methoxy groups -OCH3 is 1. The van der Waals surface area contributed by atoms with E-state index in [0.717, 1.165) is 0 Å². The van der Waals surface area contributed by atoms with Gasteiger partial charge >= 0.3 is 5.97 Å². The highest BCUT2D eigenvalue weighted by Crippen LogP contribution is 2.25. The summed E-state index contributed by atoms with van der Waals surface area (Å²) in [4.78, 5) is 11.1. The normalized spacial score (nSPS) is 10.7. The number of aromatic carboxylic acids is 1. The highest BCUT2D eigenvalue weighted by Gasteiger charge is 2.21. The maximum Gasteiger partial charge on any atom is 0.358 e. The summed E-state index contributed by atoms with van der Waals surface area (Å²) in [5, 5.41) is 17.3. The first kappa shape index (κ1) is 13.8. The van der Waals surface area contributed by atoms with Crippen LogP contribution in [-0.2, 0) is 11.3 Å². The molecule has 1 heterocycles. The van der Waals surface area contributed by atoms with Crippen molar-refractivity contribution in [1.29, 1.82) is 0 Å². The fourth-order valence-corrected chi connectivity index (χ4v) is 1.94. The molecule has 0 bridgehead atoms. The Morgan fingerprint density at radius 3 is 2.84 bits per heavy atom. The van der Waals surface area contributed by atoms with E-state index in [2.05, 4.69) is 10.3 Å². The Labute approximate surface area is 118 Å². The van der Waals surface area contributed by atoms with Crippen molar-refractivity contribution < 1.29 is 14.6 Å². The lowest BCUT2D eigenvalue weighted by Crippen LogP contribution is -2.08. The highest BCUT2D eigenvalue weighted by molar-refractivity contribution is 6.34. The van der Waals surface area contributed by atoms with Gasteiger partial charge in [0.2, 0.25) is 0 Å². The Balaban J connectivity index is 2.61. The number of carbonyl (C=O) groups is 1. The van der Waals surface area contributed by atoms with Crippen molar-refractivity contribution in [3.05, 3.63) is 39.6 Å². The average Bonchev–Trinajstić information content (AvgIpc) is 2.76. The summed E-state index contributed by atoms with van der Waals surface area (Å²) in [7, 11) is 1.45. The number of carboxylic acids is 1. The van der Waals surface area contributed by atoms with Crippen molar-refractivity contribution in [3.8, 4) is 5.69 Å². The number of carboxylic acid groups (broad SMARTS) is 1. The number of halogens is 2. The van der Waals surface area contributed by atoms with Gasteiger partial charge in [-0.25, -0.2) is 9.48 Å². The van der Waals surface area contributed by atoms with Crippen LogP contribution in [0, 0.1) is 0 Å². The molecule has 0 aliphatic heterocycles. The van der Waals surface area contributed by atoms with E-state index in [0.29, 0.717) is 21.4 Å². The summed E-state index contributed by atoms with van der Waals surface area (Å²) in [5.74, 6) is -1.18. The lowest BCUT2D eigenvalue weighted by atomic mass is 10.3. The van der Waals surface area contributed by atoms with Crippen LogP contribution in [0.5, 0.6) is 0 Å². The summed E-state index contributed by atoms with van der Waals surface area (Å²) in [6.07, 6.45) is 0. The second-order valence-electron chi connectivity index (χ2n) is 3.63. The molecule has 1 aromatic heterocycles. The molecule has 2 rings (SSSR count). The predicted molar refractivity (Wildman–Crippen MR) is 69.1 cm³/mol. The summed E-state index contributed by atoms with van der Waals surface area (Å²) < 4.78 is 6.28. The molecule has 0 aliphatic rings. The van der Waals surface area contributed by atoms with E-state index >= 15 is 0 Å². The first-order chi connectivity index (χ1) is 9.04. The van der Waals surface area contributed by atoms with Crippen LogP contribution in [-0.4, -0.2) is 33.2 Å². The molecule has 8 heteroatoms. The van der Waals surface area contributed by atoms with Gasteiger partial charge in [0.25, 0.3) is 0 Å². The van der Waals surface area contributed by atoms with Crippen LogP contribution in [0.4, 0.5) is 0 Å². The van der Waals surface area contributed by atoms with Gasteiger partial charge in [0.15, 0.2) is 5.69 Å². The molecule has 0 saturated heterocycles. The molecule has 0 aliphatic carbocycles. The topological polar surface area (TPSA) is 77.2 Å². The first-order valence-corrected chi connectivity index (χ1v) is 5.92. The molecule has 0 saturated carbocycles. The van der Waals surface area contributed by atoms with Gasteiger partial charge in [-0.2, -0.15) is 0 Å². The van der Waals surface area contributed by atoms with Crippen molar-refractivity contribution in [1.82, 2.24) is 15.0 Å². The average molecular weight is 302 g/mol. The Morgan fingerprint density at radius 2 is 2.21 bits per heavy atom. The molecule has 0 atom stereocenters. The van der Waals surface area contributed by atoms with Gasteiger partial charge in [0.05, 0.1) is 17.3 Å². The van der Waals surface area contributed by atoms with E-state index in [9.17, 15) is 4.79 Å². The highest BCUT2D eigenvalue weighted by atomic mass is 35.5. The van der Waals surface area contributed by atoms with Gasteiger partial charge < -0.3 is 9.84 Å². The van der Waals surface area contributed by atoms with E-state index in [-0.39, 0.29) is 12.3 Å². The molecule has 2 aromatic rings. The molecule has 100 valence electrons. The van der Waals surface area contributed by atoms with Crippen LogP contribution in [0.1, 0.15) is 16.2 Å². The Bertz CT molecular complexity index is 628. The third-order valence-corrected chi connectivity index (χ3v) is 2.94. The zero-order valence-corrected chi connectivity index (χ0v) is 11.3. The fraction of sp³-hybridized carbons (Fsp3) is 0.182. The zero-order chi connectivity index (χ0) is 14.0. The molecule has 0 fully saturated rings. The Hall–Kier alpha value is -1.63. The number of ether oxygens (including phenoxy) is 1. The minimum Gasteiger partial charge on any atom is -0.476 e. The predicted octanol–water partition coefficient (Wildman–Crippen LogP) is 2.42. The number of rotatable bonds is 4. The molecular weight excluding hydrogens is 293 g/mol. The number of nitrogens with zero attached hydrogens (tertiary/aromatic N) is 3. The summed E-state index contributed by atoms with van der Waals surface area (Å²) in [6.45, 7) is 0.0392. The van der Waals surface area contributed by atoms with Gasteiger partial charge in [-0.3, -0.25) is 0 Å². The third kappa shape index (κ3) is 2.70. The lowest BCUT2D eigenvalue weighted by molar-refractivity contribution is 0.0685. The van der Waals surface area contributed by atoms with Gasteiger partial charge in [-0.05, 0) is 18.2 Å². The minimum absolute atomic E-state index is 0.0392. The van der Waals surface area contributed by atoms with E-state index in [1.165, 1.54) is 11.8 Å². The molecule has 6 nitrogen and oxygen atoms in total. The van der Waals surface area contributed by atoms with Crippen molar-refractivity contribution >= 4 is 29.2 Å². The van der Waals surface area contributed by atoms with Crippen LogP contribution >= 0.6 is 23.2 Å². The van der Waals surface area contributed by atoms with Crippen LogP contribution < -0.4 is 0 Å². The lowest BCUT2D eigenvalue weighted by Gasteiger charge is -2.08. The molecular formula is C11H9Cl2N3O3. The smallest absolute Gasteiger partial charge is 0.358 e. The van der Waals surface area contributed by atoms with Crippen LogP contribution in [0.3, 0.4) is 0 Å². The number of benzene rings is 1. The maximum absolute atomic E-state index is 11.1. The quantitative estimate of drug-likeness (QED) is 0.938. The third-order valence-electron chi connectivity index (χ3n) is 2.38. The number of aromatic nitrogens is 3.